The molecular formula is C62H82FN9O7. The van der Waals surface area contributed by atoms with E-state index >= 15 is 9.18 Å². The van der Waals surface area contributed by atoms with Crippen LogP contribution in [0, 0.1) is 16.6 Å². The van der Waals surface area contributed by atoms with Crippen LogP contribution in [0.5, 0.6) is 0 Å². The fraction of sp³-hybridized carbons (Fsp3) is 0.500. The Bertz CT molecular complexity index is 2860. The molecule has 3 aliphatic rings. The molecule has 6 N–H and O–H groups in total. The van der Waals surface area contributed by atoms with Crippen LogP contribution in [0.4, 0.5) is 4.39 Å². The number of rotatable bonds is 18. The Morgan fingerprint density at radius 1 is 0.671 bits per heavy atom. The summed E-state index contributed by atoms with van der Waals surface area (Å²) in [7, 11) is 3.32. The van der Waals surface area contributed by atoms with Crippen LogP contribution in [-0.2, 0) is 61.1 Å². The second kappa shape index (κ2) is 25.4. The minimum Gasteiger partial charge on any atom is -0.347 e. The van der Waals surface area contributed by atoms with Crippen molar-refractivity contribution in [2.75, 3.05) is 20.6 Å². The fourth-order valence-electron chi connectivity index (χ4n) is 11.0. The molecule has 2 heterocycles. The maximum atomic E-state index is 15.5. The van der Waals surface area contributed by atoms with E-state index in [9.17, 15) is 28.8 Å². The van der Waals surface area contributed by atoms with Crippen LogP contribution in [0.25, 0.3) is 0 Å². The average Bonchev–Trinajstić information content (AvgIpc) is 3.91. The van der Waals surface area contributed by atoms with Crippen molar-refractivity contribution in [1.29, 1.82) is 0 Å². The zero-order chi connectivity index (χ0) is 57.5. The van der Waals surface area contributed by atoms with Gasteiger partial charge in [0.05, 0.1) is 18.1 Å². The Morgan fingerprint density at radius 2 is 1.23 bits per heavy atom. The second-order valence-electron chi connectivity index (χ2n) is 24.0. The Labute approximate surface area is 465 Å². The molecule has 79 heavy (non-hydrogen) atoms. The number of carbonyl (C=O) groups is 7. The molecule has 0 saturated carbocycles. The zero-order valence-corrected chi connectivity index (χ0v) is 47.9. The van der Waals surface area contributed by atoms with E-state index in [4.69, 9.17) is 0 Å². The molecule has 1 unspecified atom stereocenters. The quantitative estimate of drug-likeness (QED) is 0.0701. The van der Waals surface area contributed by atoms with Gasteiger partial charge in [-0.05, 0) is 129 Å². The molecule has 2 aliphatic heterocycles. The highest BCUT2D eigenvalue weighted by molar-refractivity contribution is 5.97. The lowest BCUT2D eigenvalue weighted by atomic mass is 9.84. The van der Waals surface area contributed by atoms with E-state index in [1.807, 2.05) is 90.9 Å². The molecule has 4 aromatic carbocycles. The lowest BCUT2D eigenvalue weighted by Gasteiger charge is -2.43. The number of carbonyl (C=O) groups excluding carboxylic acids is 7. The minimum atomic E-state index is -0.984. The van der Waals surface area contributed by atoms with Gasteiger partial charge in [-0.2, -0.15) is 0 Å². The molecule has 16 nitrogen and oxygen atoms in total. The number of benzene rings is 4. The normalized spacial score (nSPS) is 20.1. The molecule has 1 aliphatic carbocycles. The van der Waals surface area contributed by atoms with Gasteiger partial charge in [-0.1, -0.05) is 120 Å². The highest BCUT2D eigenvalue weighted by Crippen LogP contribution is 2.33. The Balaban J connectivity index is 1.15. The van der Waals surface area contributed by atoms with Gasteiger partial charge in [0.2, 0.25) is 35.4 Å². The Hall–Kier alpha value is -6.98. The Kier molecular flexibility index (Phi) is 19.2. The number of amides is 7. The Morgan fingerprint density at radius 3 is 1.82 bits per heavy atom. The zero-order valence-electron chi connectivity index (χ0n) is 47.9. The molecule has 1 saturated heterocycles. The summed E-state index contributed by atoms with van der Waals surface area (Å²) in [4.78, 5) is 105. The van der Waals surface area contributed by atoms with Crippen LogP contribution < -0.4 is 31.9 Å². The molecule has 0 radical (unpaired) electrons. The van der Waals surface area contributed by atoms with Gasteiger partial charge >= 0.3 is 0 Å². The van der Waals surface area contributed by atoms with E-state index in [0.29, 0.717) is 16.7 Å². The van der Waals surface area contributed by atoms with E-state index < -0.39 is 82.7 Å². The van der Waals surface area contributed by atoms with Gasteiger partial charge in [-0.3, -0.25) is 33.6 Å². The van der Waals surface area contributed by atoms with Crippen LogP contribution in [-0.4, -0.2) is 125 Å². The third-order valence-corrected chi connectivity index (χ3v) is 16.0. The predicted octanol–water partition coefficient (Wildman–Crippen LogP) is 5.91. The summed E-state index contributed by atoms with van der Waals surface area (Å²) in [5.74, 6) is -3.08. The number of hydrogen-bond donors (Lipinski definition) is 6. The lowest BCUT2D eigenvalue weighted by molar-refractivity contribution is -0.152. The first-order chi connectivity index (χ1) is 37.4. The molecule has 7 rings (SSSR count). The number of fused-ring (bicyclic) bond motifs is 2. The number of nitrogens with one attached hydrogen (secondary N) is 6. The van der Waals surface area contributed by atoms with Crippen LogP contribution in [0.1, 0.15) is 131 Å². The van der Waals surface area contributed by atoms with E-state index in [-0.39, 0.29) is 68.6 Å². The van der Waals surface area contributed by atoms with Crippen LogP contribution in [0.3, 0.4) is 0 Å². The van der Waals surface area contributed by atoms with E-state index in [2.05, 4.69) is 38.0 Å². The molecule has 1 fully saturated rings. The number of hydrogen-bond acceptors (Lipinski definition) is 9. The molecule has 17 heteroatoms. The average molecular weight is 1080 g/mol. The van der Waals surface area contributed by atoms with Crippen molar-refractivity contribution in [1.82, 2.24) is 46.6 Å². The number of halogens is 1. The standard InChI is InChI=1S/C62H82FN9O7/c1-37(31-44-21-15-17-25-48(44)63)70(58(77)51-32-43-20-12-13-22-45(43)35-71(51)59(78)52(61(4,5)6)68-54(73)38(2)64-10)34-40-27-29-42(30-28-40)56(75)66-46-33-50(57(76)67-49-26-18-23-41-19-14-16-24-47(41)49)72(36-46)60(79)53(62(7,8)9)69-55(74)39(3)65-11/h12-17,19-22,24-25,27-30,37-39,46,49-53,64-65H,18,23,26,31-36H2,1-11H3,(H,66,75)(H,67,76)(H,68,73)(H,69,74)/t37-,38+,39+,46+,49-,50+,51+,52-,53?/m1/s1. The smallest absolute Gasteiger partial charge is 0.251 e. The van der Waals surface area contributed by atoms with E-state index in [1.165, 1.54) is 16.5 Å². The highest BCUT2D eigenvalue weighted by Gasteiger charge is 2.47. The molecule has 0 bridgehead atoms. The molecular weight excluding hydrogens is 1000 g/mol. The van der Waals surface area contributed by atoms with Crippen molar-refractivity contribution >= 4 is 41.4 Å². The maximum Gasteiger partial charge on any atom is 0.251 e. The van der Waals surface area contributed by atoms with Gasteiger partial charge in [0.25, 0.3) is 5.91 Å². The first kappa shape index (κ1) is 59.7. The van der Waals surface area contributed by atoms with Crippen LogP contribution in [0.15, 0.2) is 97.1 Å². The molecule has 9 atom stereocenters. The summed E-state index contributed by atoms with van der Waals surface area (Å²) >= 11 is 0. The topological polar surface area (TPSA) is 201 Å². The summed E-state index contributed by atoms with van der Waals surface area (Å²) in [5.41, 5.74) is 3.94. The van der Waals surface area contributed by atoms with Crippen LogP contribution in [0.2, 0.25) is 0 Å². The first-order valence-corrected chi connectivity index (χ1v) is 27.8. The van der Waals surface area contributed by atoms with Gasteiger partial charge < -0.3 is 46.6 Å². The van der Waals surface area contributed by atoms with Gasteiger partial charge in [0, 0.05) is 43.7 Å². The largest absolute Gasteiger partial charge is 0.347 e. The minimum absolute atomic E-state index is 0.0199. The molecule has 7 amide bonds. The third kappa shape index (κ3) is 14.3. The molecule has 0 aromatic heterocycles. The summed E-state index contributed by atoms with van der Waals surface area (Å²) in [6, 6.07) is 22.5. The monoisotopic (exact) mass is 1080 g/mol. The first-order valence-electron chi connectivity index (χ1n) is 27.8. The summed E-state index contributed by atoms with van der Waals surface area (Å²) in [5, 5.41) is 18.1. The number of aryl methyl sites for hydroxylation is 1. The summed E-state index contributed by atoms with van der Waals surface area (Å²) < 4.78 is 15.3. The second-order valence-corrected chi connectivity index (χ2v) is 24.0. The van der Waals surface area contributed by atoms with Crippen molar-refractivity contribution in [2.24, 2.45) is 10.8 Å². The van der Waals surface area contributed by atoms with Gasteiger partial charge in [0.1, 0.15) is 30.0 Å². The number of likely N-dealkylation sites (tertiary alicyclic amines) is 1. The van der Waals surface area contributed by atoms with E-state index in [0.717, 1.165) is 36.0 Å². The summed E-state index contributed by atoms with van der Waals surface area (Å²) in [6.07, 6.45) is 3.05. The van der Waals surface area contributed by atoms with Crippen molar-refractivity contribution in [3.63, 3.8) is 0 Å². The van der Waals surface area contributed by atoms with Crippen molar-refractivity contribution < 1.29 is 38.0 Å². The van der Waals surface area contributed by atoms with Gasteiger partial charge in [0.15, 0.2) is 0 Å². The van der Waals surface area contributed by atoms with Gasteiger partial charge in [-0.15, -0.1) is 0 Å². The van der Waals surface area contributed by atoms with Crippen molar-refractivity contribution in [3.8, 4) is 0 Å². The number of nitrogens with zero attached hydrogens (tertiary/aromatic N) is 3. The lowest BCUT2D eigenvalue weighted by Crippen LogP contribution is -2.62. The van der Waals surface area contributed by atoms with Crippen LogP contribution >= 0.6 is 0 Å². The molecule has 4 aromatic rings. The van der Waals surface area contributed by atoms with E-state index in [1.54, 1.807) is 80.2 Å². The molecule has 424 valence electrons. The predicted molar refractivity (Wildman–Crippen MR) is 302 cm³/mol. The maximum absolute atomic E-state index is 15.5. The third-order valence-electron chi connectivity index (χ3n) is 16.0. The highest BCUT2D eigenvalue weighted by atomic mass is 19.1. The van der Waals surface area contributed by atoms with Crippen molar-refractivity contribution in [3.05, 3.63) is 142 Å². The van der Waals surface area contributed by atoms with Gasteiger partial charge in [-0.25, -0.2) is 4.39 Å². The number of likely N-dealkylation sites (N-methyl/N-ethyl adjacent to an activating group) is 2. The van der Waals surface area contributed by atoms with Crippen molar-refractivity contribution in [2.45, 2.75) is 168 Å². The molecule has 0 spiro atoms. The SMILES string of the molecule is CN[C@@H](C)C(=O)NC(C(=O)N1C[C@@H](NC(=O)c2ccc(CN(C(=O)[C@@H]3Cc4ccccc4CN3C(=O)[C@@H](NC(=O)[C@H](C)NC)C(C)(C)C)[C@H](C)Cc3ccccc3F)cc2)C[C@H]1C(=O)N[C@@H]1CCCc2ccccc21)C(C)(C)C. The summed E-state index contributed by atoms with van der Waals surface area (Å²) in [6.45, 7) is 16.6. The fourth-order valence-corrected chi connectivity index (χ4v) is 11.0.